The highest BCUT2D eigenvalue weighted by atomic mass is 79.9. The Balaban J connectivity index is 1.96. The number of halogens is 1. The second kappa shape index (κ2) is 6.77. The summed E-state index contributed by atoms with van der Waals surface area (Å²) in [5.74, 6) is 0.778. The fraction of sp³-hybridized carbons (Fsp3) is 0.167. The van der Waals surface area contributed by atoms with Crippen molar-refractivity contribution < 1.29 is 9.90 Å². The third-order valence-corrected chi connectivity index (χ3v) is 5.28. The van der Waals surface area contributed by atoms with Gasteiger partial charge in [-0.2, -0.15) is 0 Å². The molecule has 2 N–H and O–H groups in total. The number of nitrogens with one attached hydrogen (secondary N) is 1. The van der Waals surface area contributed by atoms with Gasteiger partial charge >= 0.3 is 0 Å². The summed E-state index contributed by atoms with van der Waals surface area (Å²) in [6.07, 6.45) is -0.474. The van der Waals surface area contributed by atoms with Crippen LogP contribution in [-0.4, -0.2) is 26.9 Å². The lowest BCUT2D eigenvalue weighted by molar-refractivity contribution is -0.116. The fourth-order valence-electron chi connectivity index (χ4n) is 2.92. The van der Waals surface area contributed by atoms with Crippen LogP contribution in [0.2, 0.25) is 0 Å². The van der Waals surface area contributed by atoms with Crippen LogP contribution in [0, 0.1) is 0 Å². The number of thioether (sulfide) groups is 1. The number of rotatable bonds is 2. The van der Waals surface area contributed by atoms with Crippen molar-refractivity contribution in [3.8, 4) is 5.75 Å². The minimum absolute atomic E-state index is 0.181. The Labute approximate surface area is 162 Å². The Morgan fingerprint density at radius 3 is 2.77 bits per heavy atom. The molecule has 4 rings (SSSR count). The molecule has 0 bridgehead atoms. The maximum Gasteiger partial charge on any atom is 0.276 e. The van der Waals surface area contributed by atoms with E-state index < -0.39 is 6.17 Å². The molecule has 1 unspecified atom stereocenters. The number of hydrazone groups is 1. The molecular formula is C18H15BrN4O2S. The summed E-state index contributed by atoms with van der Waals surface area (Å²) < 4.78 is 0.868. The van der Waals surface area contributed by atoms with E-state index in [1.54, 1.807) is 29.3 Å². The van der Waals surface area contributed by atoms with E-state index in [0.717, 1.165) is 26.4 Å². The normalized spacial score (nSPS) is 18.5. The van der Waals surface area contributed by atoms with Gasteiger partial charge in [0.05, 0.1) is 5.36 Å². The van der Waals surface area contributed by atoms with Gasteiger partial charge < -0.3 is 5.11 Å². The van der Waals surface area contributed by atoms with Crippen molar-refractivity contribution in [1.29, 1.82) is 0 Å². The molecule has 2 aromatic rings. The van der Waals surface area contributed by atoms with Crippen molar-refractivity contribution in [3.63, 3.8) is 0 Å². The van der Waals surface area contributed by atoms with Gasteiger partial charge in [0.2, 0.25) is 0 Å². The second-order valence-corrected chi connectivity index (χ2v) is 7.91. The Morgan fingerprint density at radius 2 is 2.04 bits per heavy atom. The van der Waals surface area contributed by atoms with Gasteiger partial charge in [0, 0.05) is 9.69 Å². The van der Waals surface area contributed by atoms with E-state index in [1.165, 1.54) is 11.8 Å². The van der Waals surface area contributed by atoms with E-state index in [9.17, 15) is 9.90 Å². The van der Waals surface area contributed by atoms with E-state index in [-0.39, 0.29) is 11.7 Å². The highest BCUT2D eigenvalue weighted by Gasteiger charge is 2.34. The van der Waals surface area contributed by atoms with E-state index >= 15 is 0 Å². The number of benzene rings is 2. The lowest BCUT2D eigenvalue weighted by Crippen LogP contribution is -2.50. The first kappa shape index (κ1) is 17.1. The smallest absolute Gasteiger partial charge is 0.276 e. The molecule has 0 saturated carbocycles. The second-order valence-electron chi connectivity index (χ2n) is 5.74. The van der Waals surface area contributed by atoms with E-state index in [1.807, 2.05) is 25.1 Å². The monoisotopic (exact) mass is 430 g/mol. The van der Waals surface area contributed by atoms with Crippen LogP contribution in [-0.2, 0) is 4.79 Å². The van der Waals surface area contributed by atoms with Gasteiger partial charge in [0.1, 0.15) is 11.4 Å². The number of carbonyl (C=O) groups excluding carboxylic acids is 1. The van der Waals surface area contributed by atoms with Crippen LogP contribution >= 0.6 is 27.7 Å². The number of amides is 1. The largest absolute Gasteiger partial charge is 0.508 e. The third kappa shape index (κ3) is 2.99. The zero-order valence-corrected chi connectivity index (χ0v) is 16.2. The Morgan fingerprint density at radius 1 is 1.27 bits per heavy atom. The summed E-state index contributed by atoms with van der Waals surface area (Å²) in [7, 11) is 0. The summed E-state index contributed by atoms with van der Waals surface area (Å²) >= 11 is 4.93. The number of amidine groups is 1. The molecule has 1 amide bonds. The third-order valence-electron chi connectivity index (χ3n) is 4.04. The summed E-state index contributed by atoms with van der Waals surface area (Å²) in [5, 5.41) is 20.7. The first-order valence-corrected chi connectivity index (χ1v) is 9.83. The quantitative estimate of drug-likeness (QED) is 0.763. The molecule has 2 aliphatic rings. The van der Waals surface area contributed by atoms with Gasteiger partial charge in [0.15, 0.2) is 11.3 Å². The van der Waals surface area contributed by atoms with Crippen LogP contribution in [0.25, 0.3) is 5.70 Å². The molecule has 2 aromatic carbocycles. The summed E-state index contributed by atoms with van der Waals surface area (Å²) in [6.45, 7) is 2.00. The molecule has 2 heterocycles. The van der Waals surface area contributed by atoms with Crippen LogP contribution in [0.15, 0.2) is 57.0 Å². The first-order valence-electron chi connectivity index (χ1n) is 8.05. The number of aromatic hydroxyl groups is 1. The van der Waals surface area contributed by atoms with Crippen LogP contribution in [0.5, 0.6) is 5.75 Å². The molecule has 0 fully saturated rings. The molecule has 1 atom stereocenters. The Kier molecular flexibility index (Phi) is 4.46. The van der Waals surface area contributed by atoms with Crippen molar-refractivity contribution in [3.05, 3.63) is 63.1 Å². The van der Waals surface area contributed by atoms with Crippen LogP contribution in [0.3, 0.4) is 0 Å². The molecule has 0 aliphatic carbocycles. The van der Waals surface area contributed by atoms with Gasteiger partial charge in [-0.15, -0.1) is 5.10 Å². The maximum atomic E-state index is 12.8. The molecule has 0 radical (unpaired) electrons. The topological polar surface area (TPSA) is 77.3 Å². The molecule has 0 aromatic heterocycles. The molecule has 6 nitrogen and oxygen atoms in total. The zero-order valence-electron chi connectivity index (χ0n) is 13.8. The number of fused-ring (bicyclic) bond motifs is 2. The number of hydrogen-bond donors (Lipinski definition) is 2. The lowest BCUT2D eigenvalue weighted by atomic mass is 10.1. The first-order chi connectivity index (χ1) is 12.6. The summed E-state index contributed by atoms with van der Waals surface area (Å²) in [5.41, 5.74) is 1.31. The van der Waals surface area contributed by atoms with Gasteiger partial charge in [-0.3, -0.25) is 15.1 Å². The van der Waals surface area contributed by atoms with Crippen LogP contribution in [0.1, 0.15) is 18.7 Å². The van der Waals surface area contributed by atoms with E-state index in [0.29, 0.717) is 10.9 Å². The van der Waals surface area contributed by atoms with Gasteiger partial charge in [0.25, 0.3) is 5.91 Å². The lowest BCUT2D eigenvalue weighted by Gasteiger charge is -2.34. The summed E-state index contributed by atoms with van der Waals surface area (Å²) in [6, 6.07) is 12.5. The predicted octanol–water partition coefficient (Wildman–Crippen LogP) is 2.05. The zero-order chi connectivity index (χ0) is 18.3. The Hall–Kier alpha value is -2.32. The van der Waals surface area contributed by atoms with Crippen molar-refractivity contribution in [2.45, 2.75) is 13.1 Å². The molecule has 2 aliphatic heterocycles. The van der Waals surface area contributed by atoms with Gasteiger partial charge in [-0.1, -0.05) is 46.7 Å². The summed E-state index contributed by atoms with van der Waals surface area (Å²) in [4.78, 5) is 17.6. The van der Waals surface area contributed by atoms with Crippen molar-refractivity contribution >= 4 is 44.5 Å². The highest BCUT2D eigenvalue weighted by Crippen LogP contribution is 2.31. The number of carbonyl (C=O) groups is 1. The Bertz CT molecular complexity index is 1040. The highest BCUT2D eigenvalue weighted by molar-refractivity contribution is 9.10. The van der Waals surface area contributed by atoms with Crippen molar-refractivity contribution in [2.75, 3.05) is 5.75 Å². The van der Waals surface area contributed by atoms with Gasteiger partial charge in [-0.25, -0.2) is 5.01 Å². The molecule has 26 heavy (non-hydrogen) atoms. The number of phenols is 1. The van der Waals surface area contributed by atoms with Crippen molar-refractivity contribution in [2.24, 2.45) is 10.1 Å². The number of phenolic OH excluding ortho intramolecular Hbond substituents is 1. The fourth-order valence-corrected chi connectivity index (χ4v) is 3.86. The van der Waals surface area contributed by atoms with Gasteiger partial charge in [-0.05, 0) is 41.6 Å². The number of nitrogens with zero attached hydrogens (tertiary/aromatic N) is 3. The average molecular weight is 431 g/mol. The van der Waals surface area contributed by atoms with Crippen molar-refractivity contribution in [1.82, 2.24) is 10.3 Å². The predicted molar refractivity (Wildman–Crippen MR) is 105 cm³/mol. The SMILES string of the molecule is CCSC1=NN2C(=c3cc(Br)ccc3=NC2c2ccc(O)cc2)C(=O)N1. The average Bonchev–Trinajstić information content (AvgIpc) is 2.62. The molecule has 0 saturated heterocycles. The van der Waals surface area contributed by atoms with Crippen LogP contribution < -0.4 is 15.9 Å². The molecular weight excluding hydrogens is 416 g/mol. The van der Waals surface area contributed by atoms with Crippen LogP contribution in [0.4, 0.5) is 0 Å². The minimum Gasteiger partial charge on any atom is -0.508 e. The maximum absolute atomic E-state index is 12.8. The van der Waals surface area contributed by atoms with E-state index in [4.69, 9.17) is 4.99 Å². The number of hydrogen-bond acceptors (Lipinski definition) is 6. The molecule has 132 valence electrons. The standard InChI is InChI=1S/C18H15BrN4O2S/c1-2-26-18-21-17(25)15-13-9-11(19)5-8-14(13)20-16(23(15)22-18)10-3-6-12(24)7-4-10/h3-9,16,24H,2H2,1H3,(H,21,22,25). The van der Waals surface area contributed by atoms with E-state index in [2.05, 4.69) is 26.3 Å². The molecule has 0 spiro atoms. The minimum atomic E-state index is -0.474. The molecule has 8 heteroatoms.